The minimum absolute atomic E-state index is 0.0214. The van der Waals surface area contributed by atoms with Crippen molar-refractivity contribution in [3.63, 3.8) is 0 Å². The van der Waals surface area contributed by atoms with E-state index in [1.807, 2.05) is 18.2 Å². The number of carbonyl (C=O) groups excluding carboxylic acids is 1. The number of hydrogen-bond donors (Lipinski definition) is 1. The highest BCUT2D eigenvalue weighted by Crippen LogP contribution is 2.32. The normalized spacial score (nSPS) is 21.3. The van der Waals surface area contributed by atoms with E-state index in [9.17, 15) is 9.90 Å². The Morgan fingerprint density at radius 3 is 2.67 bits per heavy atom. The third-order valence-corrected chi connectivity index (χ3v) is 4.17. The summed E-state index contributed by atoms with van der Waals surface area (Å²) in [4.78, 5) is 14.5. The Morgan fingerprint density at radius 1 is 1.24 bits per heavy atom. The molecule has 2 aliphatic rings. The molecule has 114 valence electrons. The van der Waals surface area contributed by atoms with E-state index >= 15 is 0 Å². The summed E-state index contributed by atoms with van der Waals surface area (Å²) in [7, 11) is 0. The van der Waals surface area contributed by atoms with Crippen LogP contribution in [0.1, 0.15) is 25.7 Å². The maximum atomic E-state index is 12.7. The Bertz CT molecular complexity index is 499. The fourth-order valence-electron chi connectivity index (χ4n) is 3.12. The number of hydrogen-bond acceptors (Lipinski definition) is 4. The lowest BCUT2D eigenvalue weighted by Gasteiger charge is -2.33. The Balaban J connectivity index is 1.71. The maximum Gasteiger partial charge on any atom is 0.267 e. The van der Waals surface area contributed by atoms with Gasteiger partial charge in [0.15, 0.2) is 11.5 Å². The van der Waals surface area contributed by atoms with Crippen LogP contribution in [0.5, 0.6) is 11.5 Å². The van der Waals surface area contributed by atoms with Crippen LogP contribution in [0.25, 0.3) is 0 Å². The molecule has 1 amide bonds. The molecule has 0 spiro atoms. The van der Waals surface area contributed by atoms with E-state index in [2.05, 4.69) is 0 Å². The predicted molar refractivity (Wildman–Crippen MR) is 77.4 cm³/mol. The van der Waals surface area contributed by atoms with Crippen LogP contribution in [0.3, 0.4) is 0 Å². The number of nitrogens with zero attached hydrogens (tertiary/aromatic N) is 1. The molecule has 1 fully saturated rings. The average molecular weight is 291 g/mol. The third kappa shape index (κ3) is 2.97. The number of ether oxygens (including phenoxy) is 2. The van der Waals surface area contributed by atoms with E-state index in [4.69, 9.17) is 9.47 Å². The summed E-state index contributed by atoms with van der Waals surface area (Å²) in [6, 6.07) is 7.60. The number of rotatable bonds is 4. The second-order valence-electron chi connectivity index (χ2n) is 5.56. The van der Waals surface area contributed by atoms with Crippen molar-refractivity contribution in [1.82, 2.24) is 4.90 Å². The molecule has 1 saturated carbocycles. The zero-order valence-corrected chi connectivity index (χ0v) is 12.0. The molecule has 5 heteroatoms. The van der Waals surface area contributed by atoms with Crippen molar-refractivity contribution in [2.45, 2.75) is 37.8 Å². The lowest BCUT2D eigenvalue weighted by Crippen LogP contribution is -2.50. The van der Waals surface area contributed by atoms with Crippen molar-refractivity contribution in [1.29, 1.82) is 0 Å². The van der Waals surface area contributed by atoms with Gasteiger partial charge in [-0.05, 0) is 25.0 Å². The molecule has 0 saturated heterocycles. The summed E-state index contributed by atoms with van der Waals surface area (Å²) < 4.78 is 11.4. The van der Waals surface area contributed by atoms with Crippen molar-refractivity contribution >= 4 is 5.91 Å². The van der Waals surface area contributed by atoms with E-state index in [0.29, 0.717) is 18.0 Å². The first-order valence-corrected chi connectivity index (χ1v) is 7.59. The van der Waals surface area contributed by atoms with Gasteiger partial charge in [-0.25, -0.2) is 0 Å². The van der Waals surface area contributed by atoms with Gasteiger partial charge in [0, 0.05) is 12.6 Å². The third-order valence-electron chi connectivity index (χ3n) is 4.17. The molecule has 1 heterocycles. The number of aliphatic hydroxyl groups is 1. The van der Waals surface area contributed by atoms with Gasteiger partial charge in [-0.2, -0.15) is 0 Å². The molecule has 1 aromatic rings. The second kappa shape index (κ2) is 6.35. The van der Waals surface area contributed by atoms with Crippen LogP contribution < -0.4 is 9.47 Å². The first-order valence-electron chi connectivity index (χ1n) is 7.59. The Morgan fingerprint density at radius 2 is 1.95 bits per heavy atom. The van der Waals surface area contributed by atoms with E-state index in [1.54, 1.807) is 11.0 Å². The number of aliphatic hydroxyl groups excluding tert-OH is 1. The lowest BCUT2D eigenvalue weighted by atomic mass is 10.1. The first kappa shape index (κ1) is 14.2. The van der Waals surface area contributed by atoms with Gasteiger partial charge >= 0.3 is 0 Å². The molecule has 1 aliphatic carbocycles. The van der Waals surface area contributed by atoms with Gasteiger partial charge in [0.1, 0.15) is 6.61 Å². The minimum Gasteiger partial charge on any atom is -0.485 e. The molecule has 0 bridgehead atoms. The van der Waals surface area contributed by atoms with Crippen molar-refractivity contribution in [2.75, 3.05) is 19.8 Å². The van der Waals surface area contributed by atoms with Gasteiger partial charge in [0.25, 0.3) is 5.91 Å². The molecule has 21 heavy (non-hydrogen) atoms. The molecule has 3 rings (SSSR count). The highest BCUT2D eigenvalue weighted by atomic mass is 16.6. The summed E-state index contributed by atoms with van der Waals surface area (Å²) in [5.41, 5.74) is 0. The second-order valence-corrected chi connectivity index (χ2v) is 5.56. The Labute approximate surface area is 124 Å². The fourth-order valence-corrected chi connectivity index (χ4v) is 3.12. The lowest BCUT2D eigenvalue weighted by molar-refractivity contribution is -0.144. The van der Waals surface area contributed by atoms with Crippen LogP contribution in [-0.4, -0.2) is 47.8 Å². The van der Waals surface area contributed by atoms with Crippen molar-refractivity contribution in [3.8, 4) is 11.5 Å². The van der Waals surface area contributed by atoms with E-state index < -0.39 is 6.10 Å². The number of carbonyl (C=O) groups is 1. The van der Waals surface area contributed by atoms with Crippen LogP contribution in [-0.2, 0) is 4.79 Å². The predicted octanol–water partition coefficient (Wildman–Crippen LogP) is 1.59. The largest absolute Gasteiger partial charge is 0.485 e. The average Bonchev–Trinajstić information content (AvgIpc) is 3.05. The van der Waals surface area contributed by atoms with Gasteiger partial charge in [-0.3, -0.25) is 4.79 Å². The van der Waals surface area contributed by atoms with Crippen LogP contribution in [0.4, 0.5) is 0 Å². The van der Waals surface area contributed by atoms with E-state index in [-0.39, 0.29) is 25.2 Å². The molecule has 1 unspecified atom stereocenters. The van der Waals surface area contributed by atoms with Gasteiger partial charge in [0.2, 0.25) is 6.10 Å². The standard InChI is InChI=1S/C16H21NO4/c18-10-9-17(12-5-1-2-6-12)16(19)15-11-20-13-7-3-4-8-14(13)21-15/h3-4,7-8,12,15,18H,1-2,5-6,9-11H2. The van der Waals surface area contributed by atoms with Gasteiger partial charge in [-0.15, -0.1) is 0 Å². The molecule has 5 nitrogen and oxygen atoms in total. The molecular weight excluding hydrogens is 270 g/mol. The molecule has 1 aromatic carbocycles. The first-order chi connectivity index (χ1) is 10.3. The minimum atomic E-state index is -0.618. The molecule has 1 aliphatic heterocycles. The molecule has 1 N–H and O–H groups in total. The van der Waals surface area contributed by atoms with Crippen molar-refractivity contribution < 1.29 is 19.4 Å². The highest BCUT2D eigenvalue weighted by molar-refractivity contribution is 5.82. The van der Waals surface area contributed by atoms with Crippen LogP contribution >= 0.6 is 0 Å². The van der Waals surface area contributed by atoms with Crippen LogP contribution in [0.15, 0.2) is 24.3 Å². The number of benzene rings is 1. The number of fused-ring (bicyclic) bond motifs is 1. The molecular formula is C16H21NO4. The highest BCUT2D eigenvalue weighted by Gasteiger charge is 2.35. The zero-order chi connectivity index (χ0) is 14.7. The maximum absolute atomic E-state index is 12.7. The quantitative estimate of drug-likeness (QED) is 0.915. The van der Waals surface area contributed by atoms with Gasteiger partial charge < -0.3 is 19.5 Å². The number of amides is 1. The van der Waals surface area contributed by atoms with Gasteiger partial charge in [-0.1, -0.05) is 25.0 Å². The van der Waals surface area contributed by atoms with Crippen molar-refractivity contribution in [3.05, 3.63) is 24.3 Å². The van der Waals surface area contributed by atoms with Crippen molar-refractivity contribution in [2.24, 2.45) is 0 Å². The molecule has 0 radical (unpaired) electrons. The topological polar surface area (TPSA) is 59.0 Å². The van der Waals surface area contributed by atoms with Crippen LogP contribution in [0.2, 0.25) is 0 Å². The fraction of sp³-hybridized carbons (Fsp3) is 0.562. The van der Waals surface area contributed by atoms with E-state index in [1.165, 1.54) is 0 Å². The van der Waals surface area contributed by atoms with E-state index in [0.717, 1.165) is 25.7 Å². The molecule has 0 aromatic heterocycles. The Kier molecular flexibility index (Phi) is 4.29. The Hall–Kier alpha value is -1.75. The summed E-state index contributed by atoms with van der Waals surface area (Å²) >= 11 is 0. The van der Waals surface area contributed by atoms with Crippen LogP contribution in [0, 0.1) is 0 Å². The molecule has 1 atom stereocenters. The number of para-hydroxylation sites is 2. The summed E-state index contributed by atoms with van der Waals surface area (Å²) in [6.07, 6.45) is 3.69. The zero-order valence-electron chi connectivity index (χ0n) is 12.0. The monoisotopic (exact) mass is 291 g/mol. The smallest absolute Gasteiger partial charge is 0.267 e. The SMILES string of the molecule is O=C(C1COc2ccccc2O1)N(CCO)C1CCCC1. The van der Waals surface area contributed by atoms with Gasteiger partial charge in [0.05, 0.1) is 6.61 Å². The summed E-state index contributed by atoms with van der Waals surface area (Å²) in [5, 5.41) is 9.24. The summed E-state index contributed by atoms with van der Waals surface area (Å²) in [6.45, 7) is 0.571. The summed E-state index contributed by atoms with van der Waals surface area (Å²) in [5.74, 6) is 1.21.